The van der Waals surface area contributed by atoms with Crippen LogP contribution in [0.4, 0.5) is 0 Å². The lowest BCUT2D eigenvalue weighted by Crippen LogP contribution is -2.41. The van der Waals surface area contributed by atoms with Crippen LogP contribution in [0.15, 0.2) is 54.6 Å². The Morgan fingerprint density at radius 3 is 2.41 bits per heavy atom. The van der Waals surface area contributed by atoms with E-state index in [-0.39, 0.29) is 11.8 Å². The highest BCUT2D eigenvalue weighted by Crippen LogP contribution is 2.26. The van der Waals surface area contributed by atoms with Gasteiger partial charge in [-0.1, -0.05) is 48.9 Å². The lowest BCUT2D eigenvalue weighted by atomic mass is 9.91. The first-order chi connectivity index (χ1) is 14.1. The van der Waals surface area contributed by atoms with Crippen LogP contribution in [0.25, 0.3) is 10.9 Å². The normalized spacial score (nSPS) is 15.0. The molecule has 3 aromatic rings. The standard InChI is InChI=1S/C24H25ClN2O2/c1-2-23(28)18-11-13-26(14-12-18)24(29)22-15-19-5-3-4-6-21(19)27(22)16-17-7-9-20(25)10-8-17/h3-10,15,18H,2,11-14,16H2,1H3. The van der Waals surface area contributed by atoms with Crippen molar-refractivity contribution in [3.05, 3.63) is 70.9 Å². The minimum Gasteiger partial charge on any atom is -0.337 e. The number of rotatable bonds is 5. The SMILES string of the molecule is CCC(=O)C1CCN(C(=O)c2cc3ccccc3n2Cc2ccc(Cl)cc2)CC1. The number of ketones is 1. The number of carbonyl (C=O) groups is 2. The smallest absolute Gasteiger partial charge is 0.270 e. The van der Waals surface area contributed by atoms with Crippen LogP contribution in [-0.4, -0.2) is 34.2 Å². The van der Waals surface area contributed by atoms with Crippen LogP contribution in [0.2, 0.25) is 5.02 Å². The molecule has 0 saturated carbocycles. The van der Waals surface area contributed by atoms with Crippen molar-refractivity contribution in [2.24, 2.45) is 5.92 Å². The van der Waals surface area contributed by atoms with Gasteiger partial charge in [0.2, 0.25) is 0 Å². The number of fused-ring (bicyclic) bond motifs is 1. The molecule has 0 spiro atoms. The van der Waals surface area contributed by atoms with Gasteiger partial charge in [0, 0.05) is 47.9 Å². The summed E-state index contributed by atoms with van der Waals surface area (Å²) in [6.45, 7) is 3.79. The third-order valence-corrected chi connectivity index (χ3v) is 6.12. The number of halogens is 1. The Bertz CT molecular complexity index is 1030. The fourth-order valence-corrected chi connectivity index (χ4v) is 4.31. The third-order valence-electron chi connectivity index (χ3n) is 5.87. The van der Waals surface area contributed by atoms with Crippen molar-refractivity contribution in [1.82, 2.24) is 9.47 Å². The van der Waals surface area contributed by atoms with Crippen molar-refractivity contribution in [2.45, 2.75) is 32.7 Å². The molecule has 4 nitrogen and oxygen atoms in total. The Hall–Kier alpha value is -2.59. The number of carbonyl (C=O) groups excluding carboxylic acids is 2. The Kier molecular flexibility index (Phi) is 5.72. The van der Waals surface area contributed by atoms with Gasteiger partial charge in [0.15, 0.2) is 0 Å². The van der Waals surface area contributed by atoms with Gasteiger partial charge in [0.1, 0.15) is 11.5 Å². The van der Waals surface area contributed by atoms with E-state index < -0.39 is 0 Å². The van der Waals surface area contributed by atoms with Gasteiger partial charge in [-0.3, -0.25) is 9.59 Å². The third kappa shape index (κ3) is 4.08. The maximum absolute atomic E-state index is 13.4. The maximum Gasteiger partial charge on any atom is 0.270 e. The molecule has 1 fully saturated rings. The predicted molar refractivity (Wildman–Crippen MR) is 116 cm³/mol. The molecule has 5 heteroatoms. The molecule has 0 bridgehead atoms. The number of hydrogen-bond acceptors (Lipinski definition) is 2. The zero-order valence-electron chi connectivity index (χ0n) is 16.6. The first-order valence-corrected chi connectivity index (χ1v) is 10.6. The van der Waals surface area contributed by atoms with Crippen molar-refractivity contribution in [3.63, 3.8) is 0 Å². The molecule has 0 aliphatic carbocycles. The quantitative estimate of drug-likeness (QED) is 0.584. The molecule has 1 saturated heterocycles. The highest BCUT2D eigenvalue weighted by molar-refractivity contribution is 6.30. The van der Waals surface area contributed by atoms with Crippen LogP contribution in [0, 0.1) is 5.92 Å². The van der Waals surface area contributed by atoms with Crippen LogP contribution in [0.5, 0.6) is 0 Å². The fourth-order valence-electron chi connectivity index (χ4n) is 4.19. The summed E-state index contributed by atoms with van der Waals surface area (Å²) in [7, 11) is 0. The number of Topliss-reactive ketones (excluding diaryl/α,β-unsaturated/α-hetero) is 1. The summed E-state index contributed by atoms with van der Waals surface area (Å²) in [4.78, 5) is 27.3. The summed E-state index contributed by atoms with van der Waals surface area (Å²) in [6.07, 6.45) is 2.10. The number of nitrogens with zero attached hydrogens (tertiary/aromatic N) is 2. The largest absolute Gasteiger partial charge is 0.337 e. The number of benzene rings is 2. The van der Waals surface area contributed by atoms with Crippen LogP contribution in [0.3, 0.4) is 0 Å². The van der Waals surface area contributed by atoms with Gasteiger partial charge in [0.05, 0.1) is 0 Å². The molecule has 29 heavy (non-hydrogen) atoms. The maximum atomic E-state index is 13.4. The van der Waals surface area contributed by atoms with Gasteiger partial charge < -0.3 is 9.47 Å². The van der Waals surface area contributed by atoms with E-state index in [0.29, 0.717) is 42.6 Å². The molecule has 1 aromatic heterocycles. The van der Waals surface area contributed by atoms with E-state index in [0.717, 1.165) is 29.3 Å². The molecule has 2 heterocycles. The van der Waals surface area contributed by atoms with Crippen LogP contribution >= 0.6 is 11.6 Å². The fraction of sp³-hybridized carbons (Fsp3) is 0.333. The second-order valence-corrected chi connectivity index (χ2v) is 8.12. The molecule has 0 atom stereocenters. The zero-order valence-corrected chi connectivity index (χ0v) is 17.4. The first-order valence-electron chi connectivity index (χ1n) is 10.2. The molecular weight excluding hydrogens is 384 g/mol. The molecule has 0 N–H and O–H groups in total. The van der Waals surface area contributed by atoms with Crippen LogP contribution in [0.1, 0.15) is 42.2 Å². The summed E-state index contributed by atoms with van der Waals surface area (Å²) in [6, 6.07) is 17.8. The molecule has 0 radical (unpaired) electrons. The molecule has 0 unspecified atom stereocenters. The monoisotopic (exact) mass is 408 g/mol. The molecule has 1 aliphatic heterocycles. The Morgan fingerprint density at radius 1 is 1.03 bits per heavy atom. The Balaban J connectivity index is 1.62. The predicted octanol–water partition coefficient (Wildman–Crippen LogP) is 5.17. The number of amides is 1. The number of hydrogen-bond donors (Lipinski definition) is 0. The van der Waals surface area contributed by atoms with E-state index in [1.54, 1.807) is 0 Å². The van der Waals surface area contributed by atoms with Gasteiger partial charge in [-0.15, -0.1) is 0 Å². The number of likely N-dealkylation sites (tertiary alicyclic amines) is 1. The second-order valence-electron chi connectivity index (χ2n) is 7.69. The summed E-state index contributed by atoms with van der Waals surface area (Å²) in [5.74, 6) is 0.454. The summed E-state index contributed by atoms with van der Waals surface area (Å²) < 4.78 is 2.09. The van der Waals surface area contributed by atoms with E-state index in [9.17, 15) is 9.59 Å². The van der Waals surface area contributed by atoms with Gasteiger partial charge in [-0.05, 0) is 42.7 Å². The Morgan fingerprint density at radius 2 is 1.72 bits per heavy atom. The lowest BCUT2D eigenvalue weighted by molar-refractivity contribution is -0.123. The topological polar surface area (TPSA) is 42.3 Å². The second kappa shape index (κ2) is 8.42. The average molecular weight is 409 g/mol. The minimum absolute atomic E-state index is 0.0394. The Labute approximate surface area is 176 Å². The molecule has 2 aromatic carbocycles. The van der Waals surface area contributed by atoms with E-state index in [4.69, 9.17) is 11.6 Å². The molecular formula is C24H25ClN2O2. The van der Waals surface area contributed by atoms with Crippen LogP contribution in [-0.2, 0) is 11.3 Å². The van der Waals surface area contributed by atoms with Crippen LogP contribution < -0.4 is 0 Å². The zero-order chi connectivity index (χ0) is 20.4. The first kappa shape index (κ1) is 19.7. The molecule has 4 rings (SSSR count). The highest BCUT2D eigenvalue weighted by Gasteiger charge is 2.28. The van der Waals surface area contributed by atoms with Crippen molar-refractivity contribution in [2.75, 3.05) is 13.1 Å². The van der Waals surface area contributed by atoms with E-state index in [1.165, 1.54) is 0 Å². The van der Waals surface area contributed by atoms with Gasteiger partial charge in [0.25, 0.3) is 5.91 Å². The van der Waals surface area contributed by atoms with Crippen molar-refractivity contribution in [3.8, 4) is 0 Å². The summed E-state index contributed by atoms with van der Waals surface area (Å²) in [5.41, 5.74) is 2.83. The molecule has 150 valence electrons. The van der Waals surface area contributed by atoms with E-state index in [1.807, 2.05) is 66.4 Å². The van der Waals surface area contributed by atoms with Crippen molar-refractivity contribution in [1.29, 1.82) is 0 Å². The minimum atomic E-state index is 0.0394. The van der Waals surface area contributed by atoms with Crippen molar-refractivity contribution >= 4 is 34.2 Å². The molecule has 1 amide bonds. The van der Waals surface area contributed by atoms with Gasteiger partial charge in [-0.25, -0.2) is 0 Å². The average Bonchev–Trinajstić information content (AvgIpc) is 3.13. The van der Waals surface area contributed by atoms with Gasteiger partial charge >= 0.3 is 0 Å². The highest BCUT2D eigenvalue weighted by atomic mass is 35.5. The van der Waals surface area contributed by atoms with Gasteiger partial charge in [-0.2, -0.15) is 0 Å². The lowest BCUT2D eigenvalue weighted by Gasteiger charge is -2.31. The number of aromatic nitrogens is 1. The van der Waals surface area contributed by atoms with E-state index in [2.05, 4.69) is 4.57 Å². The number of para-hydroxylation sites is 1. The number of piperidine rings is 1. The summed E-state index contributed by atoms with van der Waals surface area (Å²) >= 11 is 6.02. The summed E-state index contributed by atoms with van der Waals surface area (Å²) in [5, 5.41) is 1.76. The van der Waals surface area contributed by atoms with E-state index >= 15 is 0 Å². The molecule has 1 aliphatic rings. The van der Waals surface area contributed by atoms with Crippen molar-refractivity contribution < 1.29 is 9.59 Å².